The topological polar surface area (TPSA) is 93.7 Å². The molecular weight excluding hydrogens is 392 g/mol. The second-order valence-corrected chi connectivity index (χ2v) is 8.43. The van der Waals surface area contributed by atoms with Gasteiger partial charge in [-0.25, -0.2) is 8.42 Å². The predicted octanol–water partition coefficient (Wildman–Crippen LogP) is 1.47. The number of amides is 1. The van der Waals surface area contributed by atoms with Crippen LogP contribution >= 0.6 is 12.4 Å². The summed E-state index contributed by atoms with van der Waals surface area (Å²) in [6.07, 6.45) is 3.64. The van der Waals surface area contributed by atoms with Gasteiger partial charge in [0.25, 0.3) is 0 Å². The molecule has 3 rings (SSSR count). The molecule has 27 heavy (non-hydrogen) atoms. The van der Waals surface area contributed by atoms with Crippen LogP contribution in [0.1, 0.15) is 19.3 Å². The monoisotopic (exact) mass is 416 g/mol. The van der Waals surface area contributed by atoms with Gasteiger partial charge in [-0.1, -0.05) is 11.6 Å². The molecule has 0 bridgehead atoms. The van der Waals surface area contributed by atoms with Crippen LogP contribution in [-0.2, 0) is 14.6 Å². The Hall–Kier alpha value is -1.77. The maximum Gasteiger partial charge on any atom is 0.221 e. The summed E-state index contributed by atoms with van der Waals surface area (Å²) >= 11 is 0. The lowest BCUT2D eigenvalue weighted by Gasteiger charge is -2.14. The molecule has 0 atom stereocenters. The maximum absolute atomic E-state index is 12.5. The lowest BCUT2D eigenvalue weighted by molar-refractivity contribution is -0.120. The Kier molecular flexibility index (Phi) is 7.94. The summed E-state index contributed by atoms with van der Waals surface area (Å²) in [6, 6.07) is 4.59. The first-order valence-electron chi connectivity index (χ1n) is 8.82. The predicted molar refractivity (Wildman–Crippen MR) is 105 cm³/mol. The Morgan fingerprint density at radius 1 is 1.19 bits per heavy atom. The highest BCUT2D eigenvalue weighted by molar-refractivity contribution is 7.91. The van der Waals surface area contributed by atoms with E-state index in [0.29, 0.717) is 31.3 Å². The van der Waals surface area contributed by atoms with Crippen LogP contribution in [0.2, 0.25) is 0 Å². The van der Waals surface area contributed by atoms with Crippen molar-refractivity contribution < 1.29 is 22.7 Å². The molecule has 2 aliphatic rings. The summed E-state index contributed by atoms with van der Waals surface area (Å²) in [5.41, 5.74) is 1.17. The smallest absolute Gasteiger partial charge is 0.221 e. The van der Waals surface area contributed by atoms with Crippen LogP contribution in [0.15, 0.2) is 34.7 Å². The third-order valence-electron chi connectivity index (χ3n) is 4.35. The number of nitrogens with one attached hydrogen (secondary N) is 2. The van der Waals surface area contributed by atoms with E-state index in [4.69, 9.17) is 9.47 Å². The molecule has 1 amide bonds. The van der Waals surface area contributed by atoms with Crippen LogP contribution in [0.5, 0.6) is 11.5 Å². The standard InChI is InChI=1S/C18H24N2O5S.ClH/c21-18(20-13-14-4-7-19-8-5-14)6-11-26(22,23)15-2-3-16-17(12-15)25-10-1-9-24-16;/h2-4,12,19H,1,5-11,13H2,(H,20,21);1H. The Bertz CT molecular complexity index is 795. The normalized spacial score (nSPS) is 16.5. The zero-order chi connectivity index (χ0) is 18.4. The first-order valence-corrected chi connectivity index (χ1v) is 10.5. The summed E-state index contributed by atoms with van der Waals surface area (Å²) < 4.78 is 36.1. The SMILES string of the molecule is Cl.O=C(CCS(=O)(=O)c1ccc2c(c1)OCCCO2)NCC1=CCNCC1. The summed E-state index contributed by atoms with van der Waals surface area (Å²) in [5, 5.41) is 5.99. The number of rotatable bonds is 6. The molecule has 1 aromatic carbocycles. The van der Waals surface area contributed by atoms with Crippen molar-refractivity contribution in [1.82, 2.24) is 10.6 Å². The van der Waals surface area contributed by atoms with Crippen LogP contribution in [0.3, 0.4) is 0 Å². The van der Waals surface area contributed by atoms with Gasteiger partial charge >= 0.3 is 0 Å². The van der Waals surface area contributed by atoms with Gasteiger partial charge in [0, 0.05) is 32.0 Å². The molecule has 0 radical (unpaired) electrons. The van der Waals surface area contributed by atoms with Crippen LogP contribution in [0.25, 0.3) is 0 Å². The molecule has 7 nitrogen and oxygen atoms in total. The quantitative estimate of drug-likeness (QED) is 0.682. The molecule has 0 aliphatic carbocycles. The van der Waals surface area contributed by atoms with Crippen LogP contribution in [0, 0.1) is 0 Å². The van der Waals surface area contributed by atoms with E-state index in [9.17, 15) is 13.2 Å². The van der Waals surface area contributed by atoms with Crippen LogP contribution in [-0.4, -0.2) is 52.9 Å². The van der Waals surface area contributed by atoms with E-state index in [1.807, 2.05) is 0 Å². The van der Waals surface area contributed by atoms with E-state index in [1.54, 1.807) is 6.07 Å². The number of ether oxygens (including phenoxy) is 2. The van der Waals surface area contributed by atoms with Gasteiger partial charge < -0.3 is 20.1 Å². The summed E-state index contributed by atoms with van der Waals surface area (Å²) in [6.45, 7) is 3.23. The Labute approximate surface area is 165 Å². The molecule has 0 fully saturated rings. The Morgan fingerprint density at radius 2 is 1.96 bits per heavy atom. The van der Waals surface area contributed by atoms with Gasteiger partial charge in [-0.3, -0.25) is 4.79 Å². The molecule has 2 heterocycles. The average molecular weight is 417 g/mol. The molecule has 1 aromatic rings. The van der Waals surface area contributed by atoms with Crippen molar-refractivity contribution in [2.75, 3.05) is 38.6 Å². The van der Waals surface area contributed by atoms with E-state index in [1.165, 1.54) is 17.7 Å². The Morgan fingerprint density at radius 3 is 2.70 bits per heavy atom. The van der Waals surface area contributed by atoms with Gasteiger partial charge in [-0.05, 0) is 25.1 Å². The number of halogens is 1. The summed E-state index contributed by atoms with van der Waals surface area (Å²) in [5.74, 6) is 0.488. The van der Waals surface area contributed by atoms with Gasteiger partial charge in [-0.2, -0.15) is 0 Å². The zero-order valence-electron chi connectivity index (χ0n) is 15.0. The molecule has 0 unspecified atom stereocenters. The highest BCUT2D eigenvalue weighted by Crippen LogP contribution is 2.32. The number of benzene rings is 1. The number of hydrogen-bond donors (Lipinski definition) is 2. The average Bonchev–Trinajstić information content (AvgIpc) is 2.90. The van der Waals surface area contributed by atoms with Crippen molar-refractivity contribution in [3.05, 3.63) is 29.8 Å². The van der Waals surface area contributed by atoms with E-state index in [-0.39, 0.29) is 35.4 Å². The molecule has 0 saturated carbocycles. The first-order chi connectivity index (χ1) is 12.5. The fourth-order valence-electron chi connectivity index (χ4n) is 2.81. The minimum absolute atomic E-state index is 0. The van der Waals surface area contributed by atoms with Crippen molar-refractivity contribution in [1.29, 1.82) is 0 Å². The van der Waals surface area contributed by atoms with Gasteiger partial charge in [-0.15, -0.1) is 12.4 Å². The van der Waals surface area contributed by atoms with E-state index >= 15 is 0 Å². The van der Waals surface area contributed by atoms with E-state index < -0.39 is 9.84 Å². The largest absolute Gasteiger partial charge is 0.490 e. The van der Waals surface area contributed by atoms with Crippen molar-refractivity contribution in [3.63, 3.8) is 0 Å². The van der Waals surface area contributed by atoms with E-state index in [2.05, 4.69) is 16.7 Å². The first kappa shape index (κ1) is 21.5. The lowest BCUT2D eigenvalue weighted by Crippen LogP contribution is -2.30. The van der Waals surface area contributed by atoms with Crippen molar-refractivity contribution in [2.24, 2.45) is 0 Å². The second kappa shape index (κ2) is 9.96. The van der Waals surface area contributed by atoms with Gasteiger partial charge in [0.2, 0.25) is 5.91 Å². The molecule has 0 saturated heterocycles. The number of hydrogen-bond acceptors (Lipinski definition) is 6. The van der Waals surface area contributed by atoms with Gasteiger partial charge in [0.1, 0.15) is 0 Å². The third-order valence-corrected chi connectivity index (χ3v) is 6.06. The molecule has 9 heteroatoms. The second-order valence-electron chi connectivity index (χ2n) is 6.32. The fraction of sp³-hybridized carbons (Fsp3) is 0.500. The van der Waals surface area contributed by atoms with Crippen molar-refractivity contribution in [2.45, 2.75) is 24.2 Å². The van der Waals surface area contributed by atoms with Crippen LogP contribution in [0.4, 0.5) is 0 Å². The van der Waals surface area contributed by atoms with Gasteiger partial charge in [0.05, 0.1) is 23.9 Å². The Balaban J connectivity index is 0.00000261. The van der Waals surface area contributed by atoms with E-state index in [0.717, 1.165) is 25.9 Å². The minimum Gasteiger partial charge on any atom is -0.490 e. The summed E-state index contributed by atoms with van der Waals surface area (Å²) in [4.78, 5) is 12.1. The molecule has 150 valence electrons. The number of sulfone groups is 1. The van der Waals surface area contributed by atoms with Crippen molar-refractivity contribution in [3.8, 4) is 11.5 Å². The highest BCUT2D eigenvalue weighted by Gasteiger charge is 2.20. The molecule has 2 aliphatic heterocycles. The van der Waals surface area contributed by atoms with Gasteiger partial charge in [0.15, 0.2) is 21.3 Å². The molecular formula is C18H25ClN2O5S. The number of carbonyl (C=O) groups excluding carboxylic acids is 1. The molecule has 0 aromatic heterocycles. The number of fused-ring (bicyclic) bond motifs is 1. The lowest BCUT2D eigenvalue weighted by atomic mass is 10.1. The maximum atomic E-state index is 12.5. The molecule has 2 N–H and O–H groups in total. The van der Waals surface area contributed by atoms with Crippen LogP contribution < -0.4 is 20.1 Å². The van der Waals surface area contributed by atoms with Crippen molar-refractivity contribution >= 4 is 28.2 Å². The summed E-state index contributed by atoms with van der Waals surface area (Å²) in [7, 11) is -3.56. The minimum atomic E-state index is -3.56. The highest BCUT2D eigenvalue weighted by atomic mass is 35.5. The fourth-order valence-corrected chi connectivity index (χ4v) is 4.06. The third kappa shape index (κ3) is 6.12. The zero-order valence-corrected chi connectivity index (χ0v) is 16.7. The number of carbonyl (C=O) groups is 1. The molecule has 0 spiro atoms.